The smallest absolute Gasteiger partial charge is 0.0666 e. The van der Waals surface area contributed by atoms with Gasteiger partial charge in [-0.1, -0.05) is 43.9 Å². The number of aliphatic imine (C=N–C) groups is 1. The SMILES string of the molecule is CC(C)CN=CC1(C#Cc2ccccc2)CC1. The van der Waals surface area contributed by atoms with Gasteiger partial charge in [-0.3, -0.25) is 4.99 Å². The van der Waals surface area contributed by atoms with E-state index < -0.39 is 0 Å². The van der Waals surface area contributed by atoms with Crippen molar-refractivity contribution in [2.45, 2.75) is 26.7 Å². The van der Waals surface area contributed by atoms with Gasteiger partial charge in [0.25, 0.3) is 0 Å². The fourth-order valence-electron chi connectivity index (χ4n) is 1.58. The Kier molecular flexibility index (Phi) is 3.64. The summed E-state index contributed by atoms with van der Waals surface area (Å²) in [7, 11) is 0. The maximum atomic E-state index is 4.49. The molecule has 0 radical (unpaired) electrons. The summed E-state index contributed by atoms with van der Waals surface area (Å²) in [6.07, 6.45) is 4.39. The van der Waals surface area contributed by atoms with Crippen molar-refractivity contribution >= 4 is 6.21 Å². The Hall–Kier alpha value is -1.55. The standard InChI is InChI=1S/C16H19N/c1-14(2)12-17-13-16(10-11-16)9-8-15-6-4-3-5-7-15/h3-7,13-14H,10-12H2,1-2H3. The molecule has 88 valence electrons. The zero-order valence-electron chi connectivity index (χ0n) is 10.6. The first-order chi connectivity index (χ1) is 8.20. The molecule has 1 aromatic carbocycles. The molecule has 1 aliphatic carbocycles. The third-order valence-electron chi connectivity index (χ3n) is 2.83. The normalized spacial score (nSPS) is 16.9. The van der Waals surface area contributed by atoms with Gasteiger partial charge in [-0.15, -0.1) is 0 Å². The molecule has 1 fully saturated rings. The fraction of sp³-hybridized carbons (Fsp3) is 0.438. The summed E-state index contributed by atoms with van der Waals surface area (Å²) in [4.78, 5) is 4.49. The molecule has 0 saturated heterocycles. The van der Waals surface area contributed by atoms with E-state index in [-0.39, 0.29) is 5.41 Å². The summed E-state index contributed by atoms with van der Waals surface area (Å²) >= 11 is 0. The van der Waals surface area contributed by atoms with Crippen LogP contribution >= 0.6 is 0 Å². The summed E-state index contributed by atoms with van der Waals surface area (Å²) in [5.74, 6) is 7.23. The first kappa shape index (κ1) is 11.9. The molecule has 0 aliphatic heterocycles. The van der Waals surface area contributed by atoms with Gasteiger partial charge in [0.15, 0.2) is 0 Å². The van der Waals surface area contributed by atoms with Gasteiger partial charge in [0.1, 0.15) is 0 Å². The molecule has 0 atom stereocenters. The molecule has 0 bridgehead atoms. The van der Waals surface area contributed by atoms with Crippen LogP contribution in [0.4, 0.5) is 0 Å². The quantitative estimate of drug-likeness (QED) is 0.551. The van der Waals surface area contributed by atoms with Crippen LogP contribution < -0.4 is 0 Å². The van der Waals surface area contributed by atoms with Gasteiger partial charge in [0.2, 0.25) is 0 Å². The van der Waals surface area contributed by atoms with E-state index in [1.807, 2.05) is 30.3 Å². The van der Waals surface area contributed by atoms with Gasteiger partial charge < -0.3 is 0 Å². The molecule has 1 aliphatic rings. The molecule has 0 unspecified atom stereocenters. The van der Waals surface area contributed by atoms with Crippen LogP contribution in [0, 0.1) is 23.2 Å². The number of benzene rings is 1. The van der Waals surface area contributed by atoms with Gasteiger partial charge in [0.05, 0.1) is 5.41 Å². The summed E-state index contributed by atoms with van der Waals surface area (Å²) in [6.45, 7) is 5.29. The molecule has 1 saturated carbocycles. The third kappa shape index (κ3) is 3.75. The van der Waals surface area contributed by atoms with Crippen LogP contribution in [0.1, 0.15) is 32.3 Å². The highest BCUT2D eigenvalue weighted by Crippen LogP contribution is 2.43. The van der Waals surface area contributed by atoms with Crippen molar-refractivity contribution in [1.29, 1.82) is 0 Å². The average molecular weight is 225 g/mol. The van der Waals surface area contributed by atoms with Gasteiger partial charge in [-0.25, -0.2) is 0 Å². The van der Waals surface area contributed by atoms with Crippen molar-refractivity contribution in [2.75, 3.05) is 6.54 Å². The summed E-state index contributed by atoms with van der Waals surface area (Å²) < 4.78 is 0. The predicted molar refractivity (Wildman–Crippen MR) is 73.2 cm³/mol. The Morgan fingerprint density at radius 3 is 2.59 bits per heavy atom. The van der Waals surface area contributed by atoms with E-state index in [1.165, 1.54) is 0 Å². The fourth-order valence-corrected chi connectivity index (χ4v) is 1.58. The molecule has 2 rings (SSSR count). The zero-order valence-corrected chi connectivity index (χ0v) is 10.6. The maximum absolute atomic E-state index is 4.49. The van der Waals surface area contributed by atoms with Crippen molar-refractivity contribution in [2.24, 2.45) is 16.3 Å². The lowest BCUT2D eigenvalue weighted by atomic mass is 10.1. The molecule has 1 aromatic rings. The van der Waals surface area contributed by atoms with Crippen LogP contribution in [-0.4, -0.2) is 12.8 Å². The van der Waals surface area contributed by atoms with E-state index in [1.54, 1.807) is 0 Å². The lowest BCUT2D eigenvalue weighted by Gasteiger charge is -2.00. The van der Waals surface area contributed by atoms with Crippen LogP contribution in [0.15, 0.2) is 35.3 Å². The lowest BCUT2D eigenvalue weighted by molar-refractivity contribution is 0.664. The van der Waals surface area contributed by atoms with Gasteiger partial charge >= 0.3 is 0 Å². The topological polar surface area (TPSA) is 12.4 Å². The summed E-state index contributed by atoms with van der Waals surface area (Å²) in [6, 6.07) is 10.2. The van der Waals surface area contributed by atoms with Crippen molar-refractivity contribution in [3.8, 4) is 11.8 Å². The molecule has 0 N–H and O–H groups in total. The summed E-state index contributed by atoms with van der Waals surface area (Å²) in [5, 5.41) is 0. The van der Waals surface area contributed by atoms with E-state index in [0.717, 1.165) is 24.9 Å². The average Bonchev–Trinajstić information content (AvgIpc) is 3.08. The molecule has 1 heteroatoms. The van der Waals surface area contributed by atoms with E-state index in [0.29, 0.717) is 5.92 Å². The minimum Gasteiger partial charge on any atom is -0.296 e. The number of nitrogens with zero attached hydrogens (tertiary/aromatic N) is 1. The minimum atomic E-state index is 0.0880. The lowest BCUT2D eigenvalue weighted by Crippen LogP contribution is -2.01. The predicted octanol–water partition coefficient (Wildman–Crippen LogP) is 3.55. The molecule has 1 nitrogen and oxygen atoms in total. The Labute approximate surface area is 104 Å². The minimum absolute atomic E-state index is 0.0880. The number of hydrogen-bond donors (Lipinski definition) is 0. The first-order valence-corrected chi connectivity index (χ1v) is 6.29. The molecule has 17 heavy (non-hydrogen) atoms. The highest BCUT2D eigenvalue weighted by molar-refractivity contribution is 5.74. The maximum Gasteiger partial charge on any atom is 0.0666 e. The van der Waals surface area contributed by atoms with Gasteiger partial charge in [-0.05, 0) is 30.9 Å². The zero-order chi connectivity index (χ0) is 12.1. The van der Waals surface area contributed by atoms with Crippen LogP contribution in [-0.2, 0) is 0 Å². The van der Waals surface area contributed by atoms with Crippen LogP contribution in [0.5, 0.6) is 0 Å². The largest absolute Gasteiger partial charge is 0.296 e. The Morgan fingerprint density at radius 2 is 2.00 bits per heavy atom. The van der Waals surface area contributed by atoms with Crippen LogP contribution in [0.3, 0.4) is 0 Å². The van der Waals surface area contributed by atoms with E-state index >= 15 is 0 Å². The monoisotopic (exact) mass is 225 g/mol. The Morgan fingerprint density at radius 1 is 1.29 bits per heavy atom. The Balaban J connectivity index is 1.99. The van der Waals surface area contributed by atoms with Gasteiger partial charge in [-0.2, -0.15) is 0 Å². The van der Waals surface area contributed by atoms with Crippen molar-refractivity contribution in [3.05, 3.63) is 35.9 Å². The van der Waals surface area contributed by atoms with E-state index in [4.69, 9.17) is 0 Å². The number of hydrogen-bond acceptors (Lipinski definition) is 1. The van der Waals surface area contributed by atoms with Crippen molar-refractivity contribution in [3.63, 3.8) is 0 Å². The van der Waals surface area contributed by atoms with Crippen LogP contribution in [0.25, 0.3) is 0 Å². The molecule has 0 amide bonds. The van der Waals surface area contributed by atoms with E-state index in [9.17, 15) is 0 Å². The molecule has 0 spiro atoms. The molecular weight excluding hydrogens is 206 g/mol. The van der Waals surface area contributed by atoms with E-state index in [2.05, 4.69) is 36.9 Å². The summed E-state index contributed by atoms with van der Waals surface area (Å²) in [5.41, 5.74) is 1.18. The highest BCUT2D eigenvalue weighted by Gasteiger charge is 2.39. The highest BCUT2D eigenvalue weighted by atomic mass is 14.7. The van der Waals surface area contributed by atoms with Gasteiger partial charge in [0, 0.05) is 18.3 Å². The molecule has 0 heterocycles. The second-order valence-corrected chi connectivity index (χ2v) is 5.16. The van der Waals surface area contributed by atoms with Crippen molar-refractivity contribution in [1.82, 2.24) is 0 Å². The molecular formula is C16H19N. The van der Waals surface area contributed by atoms with Crippen molar-refractivity contribution < 1.29 is 0 Å². The number of rotatable bonds is 3. The second kappa shape index (κ2) is 5.19. The third-order valence-corrected chi connectivity index (χ3v) is 2.83. The molecule has 0 aromatic heterocycles. The second-order valence-electron chi connectivity index (χ2n) is 5.16. The first-order valence-electron chi connectivity index (χ1n) is 6.29. The van der Waals surface area contributed by atoms with Crippen LogP contribution in [0.2, 0.25) is 0 Å². The Bertz CT molecular complexity index is 441.